The van der Waals surface area contributed by atoms with Crippen LogP contribution in [0.4, 0.5) is 0 Å². The molecule has 0 bridgehead atoms. The van der Waals surface area contributed by atoms with Gasteiger partial charge >= 0.3 is 0 Å². The van der Waals surface area contributed by atoms with Gasteiger partial charge in [-0.25, -0.2) is 0 Å². The molecule has 1 aromatic carbocycles. The molecule has 0 unspecified atom stereocenters. The van der Waals surface area contributed by atoms with Gasteiger partial charge in [-0.2, -0.15) is 4.57 Å². The number of aliphatic imine (C=N–C) groups is 1. The number of rotatable bonds is 6. The number of ketones is 1. The summed E-state index contributed by atoms with van der Waals surface area (Å²) < 4.78 is 1.82. The van der Waals surface area contributed by atoms with E-state index in [1.807, 2.05) is 66.3 Å². The number of Topliss-reactive ketones (excluding diaryl/α,β-unsaturated/α-hetero) is 1. The van der Waals surface area contributed by atoms with Crippen molar-refractivity contribution in [3.8, 4) is 0 Å². The van der Waals surface area contributed by atoms with E-state index >= 15 is 0 Å². The van der Waals surface area contributed by atoms with Crippen LogP contribution >= 0.6 is 0 Å². The first-order chi connectivity index (χ1) is 10.7. The van der Waals surface area contributed by atoms with Gasteiger partial charge in [0.25, 0.3) is 0 Å². The Balaban J connectivity index is 2.39. The minimum atomic E-state index is -0.566. The Morgan fingerprint density at radius 2 is 1.77 bits per heavy atom. The first-order valence-corrected chi connectivity index (χ1v) is 7.88. The summed E-state index contributed by atoms with van der Waals surface area (Å²) in [7, 11) is 0. The molecule has 0 aliphatic carbocycles. The zero-order chi connectivity index (χ0) is 15.9. The Hall–Kier alpha value is -2.07. The molecule has 4 heteroatoms. The predicted molar refractivity (Wildman–Crippen MR) is 91.2 cm³/mol. The lowest BCUT2D eigenvalue weighted by Gasteiger charge is -2.18. The van der Waals surface area contributed by atoms with Gasteiger partial charge in [-0.3, -0.25) is 4.79 Å². The lowest BCUT2D eigenvalue weighted by atomic mass is 10.0. The highest BCUT2D eigenvalue weighted by atomic mass is 32.1. The Morgan fingerprint density at radius 3 is 2.32 bits per heavy atom. The molecule has 0 radical (unpaired) electrons. The van der Waals surface area contributed by atoms with Crippen LogP contribution in [0.3, 0.4) is 0 Å². The van der Waals surface area contributed by atoms with Gasteiger partial charge in [0, 0.05) is 24.2 Å². The van der Waals surface area contributed by atoms with Gasteiger partial charge in [0.05, 0.1) is 0 Å². The maximum Gasteiger partial charge on any atom is 0.237 e. The van der Waals surface area contributed by atoms with E-state index in [9.17, 15) is 4.79 Å². The maximum absolute atomic E-state index is 12.9. The Bertz CT molecular complexity index is 651. The average Bonchev–Trinajstić information content (AvgIpc) is 2.56. The summed E-state index contributed by atoms with van der Waals surface area (Å²) in [5.41, 5.74) is 1.87. The van der Waals surface area contributed by atoms with Crippen LogP contribution in [0.5, 0.6) is 0 Å². The topological polar surface area (TPSA) is 33.3 Å². The van der Waals surface area contributed by atoms with Crippen molar-refractivity contribution < 1.29 is 9.36 Å². The van der Waals surface area contributed by atoms with Crippen molar-refractivity contribution in [3.05, 3.63) is 66.0 Å². The summed E-state index contributed by atoms with van der Waals surface area (Å²) in [6.45, 7) is 4.58. The molecule has 1 heterocycles. The van der Waals surface area contributed by atoms with Crippen molar-refractivity contribution in [1.29, 1.82) is 0 Å². The molecule has 0 saturated heterocycles. The number of aromatic nitrogens is 1. The highest BCUT2D eigenvalue weighted by molar-refractivity contribution is 7.77. The molecule has 2 rings (SSSR count). The van der Waals surface area contributed by atoms with Gasteiger partial charge < -0.3 is 17.6 Å². The summed E-state index contributed by atoms with van der Waals surface area (Å²) in [6.07, 6.45) is 4.65. The fraction of sp³-hybridized carbons (Fsp3) is 0.278. The summed E-state index contributed by atoms with van der Waals surface area (Å²) >= 11 is 5.37. The number of pyridine rings is 1. The SMILES string of the molecule is CCN=C([S-])[C@@H](C(=O)c1ccc(CC)cc1)[n+]1ccccc1. The molecule has 0 fully saturated rings. The second-order valence-electron chi connectivity index (χ2n) is 4.95. The second kappa shape index (κ2) is 7.80. The van der Waals surface area contributed by atoms with Crippen molar-refractivity contribution >= 4 is 23.5 Å². The van der Waals surface area contributed by atoms with Crippen molar-refractivity contribution in [2.45, 2.75) is 26.3 Å². The molecule has 0 N–H and O–H groups in total. The van der Waals surface area contributed by atoms with Crippen LogP contribution in [-0.4, -0.2) is 17.4 Å². The monoisotopic (exact) mass is 312 g/mol. The van der Waals surface area contributed by atoms with E-state index < -0.39 is 6.04 Å². The van der Waals surface area contributed by atoms with Crippen molar-refractivity contribution in [3.63, 3.8) is 0 Å². The third kappa shape index (κ3) is 3.77. The van der Waals surface area contributed by atoms with Gasteiger partial charge in [0.2, 0.25) is 11.8 Å². The molecule has 0 spiro atoms. The van der Waals surface area contributed by atoms with E-state index in [2.05, 4.69) is 11.9 Å². The second-order valence-corrected chi connectivity index (χ2v) is 5.37. The number of benzene rings is 1. The lowest BCUT2D eigenvalue weighted by molar-refractivity contribution is -0.691. The van der Waals surface area contributed by atoms with E-state index in [-0.39, 0.29) is 5.78 Å². The Morgan fingerprint density at radius 1 is 1.14 bits per heavy atom. The average molecular weight is 312 g/mol. The fourth-order valence-electron chi connectivity index (χ4n) is 2.26. The number of nitrogens with zero attached hydrogens (tertiary/aromatic N) is 2. The van der Waals surface area contributed by atoms with Crippen LogP contribution in [0, 0.1) is 0 Å². The molecule has 114 valence electrons. The fourth-order valence-corrected chi connectivity index (χ4v) is 2.62. The summed E-state index contributed by atoms with van der Waals surface area (Å²) in [5, 5.41) is 0.420. The molecule has 3 nitrogen and oxygen atoms in total. The van der Waals surface area contributed by atoms with Crippen LogP contribution in [0.15, 0.2) is 59.9 Å². The zero-order valence-electron chi connectivity index (χ0n) is 12.9. The standard InChI is InChI=1S/C18H20N2OS/c1-3-14-8-10-15(11-9-14)17(21)16(18(22)19-4-2)20-12-6-5-7-13-20/h5-13,16H,3-4H2,1-2H3/t16-/m1/s1. The predicted octanol–water partition coefficient (Wildman–Crippen LogP) is 2.93. The highest BCUT2D eigenvalue weighted by Crippen LogP contribution is 2.13. The normalized spacial score (nSPS) is 12.9. The van der Waals surface area contributed by atoms with E-state index in [4.69, 9.17) is 12.6 Å². The van der Waals surface area contributed by atoms with E-state index in [1.54, 1.807) is 0 Å². The van der Waals surface area contributed by atoms with Gasteiger partial charge in [-0.1, -0.05) is 37.3 Å². The molecule has 1 atom stereocenters. The van der Waals surface area contributed by atoms with E-state index in [0.29, 0.717) is 17.2 Å². The van der Waals surface area contributed by atoms with E-state index in [1.165, 1.54) is 5.56 Å². The zero-order valence-corrected chi connectivity index (χ0v) is 13.7. The number of hydrogen-bond donors (Lipinski definition) is 0. The Labute approximate surface area is 137 Å². The first-order valence-electron chi connectivity index (χ1n) is 7.47. The largest absolute Gasteiger partial charge is 0.758 e. The smallest absolute Gasteiger partial charge is 0.237 e. The molecule has 0 aliphatic rings. The first kappa shape index (κ1) is 16.3. The van der Waals surface area contributed by atoms with Gasteiger partial charge in [0.15, 0.2) is 12.4 Å². The van der Waals surface area contributed by atoms with Crippen LogP contribution in [0.2, 0.25) is 0 Å². The third-order valence-electron chi connectivity index (χ3n) is 3.48. The lowest BCUT2D eigenvalue weighted by Crippen LogP contribution is -2.47. The van der Waals surface area contributed by atoms with Gasteiger partial charge in [-0.15, -0.1) is 0 Å². The number of carbonyl (C=O) groups excluding carboxylic acids is 1. The Kier molecular flexibility index (Phi) is 5.78. The van der Waals surface area contributed by atoms with Crippen molar-refractivity contribution in [1.82, 2.24) is 0 Å². The quantitative estimate of drug-likeness (QED) is 0.270. The van der Waals surface area contributed by atoms with Crippen molar-refractivity contribution in [2.24, 2.45) is 4.99 Å². The van der Waals surface area contributed by atoms with Crippen LogP contribution in [0.1, 0.15) is 35.8 Å². The van der Waals surface area contributed by atoms with Gasteiger partial charge in [0.1, 0.15) is 0 Å². The number of carbonyl (C=O) groups is 1. The number of aryl methyl sites for hydroxylation is 1. The molecule has 0 saturated carbocycles. The summed E-state index contributed by atoms with van der Waals surface area (Å²) in [6, 6.07) is 12.8. The summed E-state index contributed by atoms with van der Waals surface area (Å²) in [4.78, 5) is 17.2. The molecule has 2 aromatic rings. The molecule has 1 aromatic heterocycles. The molecule has 0 amide bonds. The number of hydrogen-bond acceptors (Lipinski definition) is 3. The molecular formula is C18H20N2OS. The van der Waals surface area contributed by atoms with Crippen molar-refractivity contribution in [2.75, 3.05) is 6.54 Å². The van der Waals surface area contributed by atoms with E-state index in [0.717, 1.165) is 6.42 Å². The van der Waals surface area contributed by atoms with Gasteiger partial charge in [-0.05, 0) is 24.0 Å². The summed E-state index contributed by atoms with van der Waals surface area (Å²) in [5.74, 6) is -0.0268. The van der Waals surface area contributed by atoms with Crippen LogP contribution in [0.25, 0.3) is 0 Å². The van der Waals surface area contributed by atoms with Crippen LogP contribution < -0.4 is 4.57 Å². The minimum absolute atomic E-state index is 0.0268. The molecule has 0 aliphatic heterocycles. The molecule has 22 heavy (non-hydrogen) atoms. The molecular weight excluding hydrogens is 292 g/mol. The van der Waals surface area contributed by atoms with Crippen LogP contribution in [-0.2, 0) is 19.0 Å². The third-order valence-corrected chi connectivity index (χ3v) is 3.83. The minimum Gasteiger partial charge on any atom is -0.758 e. The highest BCUT2D eigenvalue weighted by Gasteiger charge is 2.27. The maximum atomic E-state index is 12.9.